The first-order valence-electron chi connectivity index (χ1n) is 5.57. The minimum absolute atomic E-state index is 0.0325. The molecule has 80 valence electrons. The highest BCUT2D eigenvalue weighted by Gasteiger charge is 2.26. The second-order valence-corrected chi connectivity index (χ2v) is 3.90. The molecular weight excluding hydrogens is 188 g/mol. The van der Waals surface area contributed by atoms with Crippen molar-refractivity contribution in [2.45, 2.75) is 32.1 Å². The highest BCUT2D eigenvalue weighted by molar-refractivity contribution is 5.79. The fourth-order valence-electron chi connectivity index (χ4n) is 2.24. The van der Waals surface area contributed by atoms with Gasteiger partial charge in [-0.15, -0.1) is 0 Å². The zero-order valence-corrected chi connectivity index (χ0v) is 9.03. The van der Waals surface area contributed by atoms with Gasteiger partial charge in [0.15, 0.2) is 0 Å². The van der Waals surface area contributed by atoms with E-state index in [1.54, 1.807) is 0 Å². The summed E-state index contributed by atoms with van der Waals surface area (Å²) < 4.78 is 5.10. The fourth-order valence-corrected chi connectivity index (χ4v) is 2.24. The lowest BCUT2D eigenvalue weighted by Gasteiger charge is -2.23. The summed E-state index contributed by atoms with van der Waals surface area (Å²) >= 11 is 0. The van der Waals surface area contributed by atoms with Crippen molar-refractivity contribution in [3.63, 3.8) is 0 Å². The van der Waals surface area contributed by atoms with E-state index in [4.69, 9.17) is 4.74 Å². The Labute approximate surface area is 90.3 Å². The molecule has 0 aliphatic heterocycles. The van der Waals surface area contributed by atoms with Crippen LogP contribution in [0.15, 0.2) is 24.3 Å². The summed E-state index contributed by atoms with van der Waals surface area (Å²) in [5, 5.41) is 0. The molecule has 0 amide bonds. The summed E-state index contributed by atoms with van der Waals surface area (Å²) in [6, 6.07) is 8.19. The lowest BCUT2D eigenvalue weighted by atomic mass is 9.83. The summed E-state index contributed by atoms with van der Waals surface area (Å²) in [7, 11) is 0. The Balaban J connectivity index is 2.25. The molecule has 0 saturated carbocycles. The first-order chi connectivity index (χ1) is 7.33. The third-order valence-corrected chi connectivity index (χ3v) is 2.94. The Bertz CT molecular complexity index is 357. The molecule has 0 radical (unpaired) electrons. The van der Waals surface area contributed by atoms with E-state index in [0.29, 0.717) is 6.61 Å². The summed E-state index contributed by atoms with van der Waals surface area (Å²) in [4.78, 5) is 11.7. The predicted octanol–water partition coefficient (Wildman–Crippen LogP) is 2.67. The molecule has 0 saturated heterocycles. The Morgan fingerprint density at radius 3 is 3.07 bits per heavy atom. The van der Waals surface area contributed by atoms with Gasteiger partial charge in [-0.2, -0.15) is 0 Å². The van der Waals surface area contributed by atoms with Crippen LogP contribution in [0.25, 0.3) is 0 Å². The minimum atomic E-state index is -0.0651. The third kappa shape index (κ3) is 2.04. The lowest BCUT2D eigenvalue weighted by molar-refractivity contribution is -0.145. The summed E-state index contributed by atoms with van der Waals surface area (Å²) in [6.07, 6.45) is 3.10. The monoisotopic (exact) mass is 204 g/mol. The molecule has 0 spiro atoms. The van der Waals surface area contributed by atoms with Gasteiger partial charge in [-0.3, -0.25) is 4.79 Å². The first kappa shape index (κ1) is 10.2. The molecule has 15 heavy (non-hydrogen) atoms. The molecule has 0 bridgehead atoms. The minimum Gasteiger partial charge on any atom is -0.466 e. The van der Waals surface area contributed by atoms with E-state index in [-0.39, 0.29) is 11.9 Å². The van der Waals surface area contributed by atoms with E-state index in [2.05, 4.69) is 12.1 Å². The SMILES string of the molecule is CCOC(=O)[C@@H]1CCCc2ccccc21. The number of benzene rings is 1. The first-order valence-corrected chi connectivity index (χ1v) is 5.57. The Morgan fingerprint density at radius 2 is 2.27 bits per heavy atom. The second kappa shape index (κ2) is 4.47. The van der Waals surface area contributed by atoms with Crippen molar-refractivity contribution < 1.29 is 9.53 Å². The molecule has 0 N–H and O–H groups in total. The Morgan fingerprint density at radius 1 is 1.47 bits per heavy atom. The Kier molecular flexibility index (Phi) is 3.05. The van der Waals surface area contributed by atoms with Crippen LogP contribution in [-0.2, 0) is 16.0 Å². The molecule has 0 fully saturated rings. The van der Waals surface area contributed by atoms with E-state index in [9.17, 15) is 4.79 Å². The number of esters is 1. The largest absolute Gasteiger partial charge is 0.466 e. The van der Waals surface area contributed by atoms with Crippen LogP contribution in [0.2, 0.25) is 0 Å². The molecule has 2 rings (SSSR count). The predicted molar refractivity (Wildman–Crippen MR) is 58.8 cm³/mol. The van der Waals surface area contributed by atoms with Gasteiger partial charge in [0.25, 0.3) is 0 Å². The van der Waals surface area contributed by atoms with Crippen molar-refractivity contribution in [2.24, 2.45) is 0 Å². The molecular formula is C13H16O2. The van der Waals surface area contributed by atoms with Crippen LogP contribution in [0.1, 0.15) is 36.8 Å². The van der Waals surface area contributed by atoms with Crippen LogP contribution in [0.3, 0.4) is 0 Å². The smallest absolute Gasteiger partial charge is 0.313 e. The standard InChI is InChI=1S/C13H16O2/c1-2-15-13(14)12-9-5-7-10-6-3-4-8-11(10)12/h3-4,6,8,12H,2,5,7,9H2,1H3/t12-/m1/s1. The van der Waals surface area contributed by atoms with Gasteiger partial charge in [0.2, 0.25) is 0 Å². The number of ether oxygens (including phenoxy) is 1. The number of carbonyl (C=O) groups is 1. The summed E-state index contributed by atoms with van der Waals surface area (Å²) in [5.41, 5.74) is 2.48. The van der Waals surface area contributed by atoms with Crippen LogP contribution in [0.4, 0.5) is 0 Å². The van der Waals surface area contributed by atoms with Gasteiger partial charge in [-0.1, -0.05) is 24.3 Å². The number of carbonyl (C=O) groups excluding carboxylic acids is 1. The molecule has 0 aromatic heterocycles. The number of rotatable bonds is 2. The highest BCUT2D eigenvalue weighted by atomic mass is 16.5. The van der Waals surface area contributed by atoms with Crippen molar-refractivity contribution >= 4 is 5.97 Å². The van der Waals surface area contributed by atoms with E-state index < -0.39 is 0 Å². The summed E-state index contributed by atoms with van der Waals surface area (Å²) in [6.45, 7) is 2.32. The van der Waals surface area contributed by atoms with Gasteiger partial charge in [-0.05, 0) is 37.3 Å². The molecule has 2 heteroatoms. The van der Waals surface area contributed by atoms with Crippen LogP contribution < -0.4 is 0 Å². The number of fused-ring (bicyclic) bond motifs is 1. The number of hydrogen-bond donors (Lipinski definition) is 0. The second-order valence-electron chi connectivity index (χ2n) is 3.90. The van der Waals surface area contributed by atoms with Crippen molar-refractivity contribution in [3.05, 3.63) is 35.4 Å². The molecule has 0 heterocycles. The highest BCUT2D eigenvalue weighted by Crippen LogP contribution is 2.32. The Hall–Kier alpha value is -1.31. The molecule has 1 aromatic carbocycles. The maximum absolute atomic E-state index is 11.7. The van der Waals surface area contributed by atoms with Crippen LogP contribution in [0.5, 0.6) is 0 Å². The molecule has 1 aliphatic carbocycles. The van der Waals surface area contributed by atoms with Crippen molar-refractivity contribution in [1.29, 1.82) is 0 Å². The van der Waals surface area contributed by atoms with E-state index in [0.717, 1.165) is 19.3 Å². The van der Waals surface area contributed by atoms with Crippen molar-refractivity contribution in [3.8, 4) is 0 Å². The van der Waals surface area contributed by atoms with Crippen LogP contribution in [0, 0.1) is 0 Å². The molecule has 1 aromatic rings. The maximum Gasteiger partial charge on any atom is 0.313 e. The topological polar surface area (TPSA) is 26.3 Å². The van der Waals surface area contributed by atoms with Crippen molar-refractivity contribution in [2.75, 3.05) is 6.61 Å². The molecule has 1 atom stereocenters. The van der Waals surface area contributed by atoms with Gasteiger partial charge < -0.3 is 4.74 Å². The van der Waals surface area contributed by atoms with Gasteiger partial charge in [0.1, 0.15) is 0 Å². The third-order valence-electron chi connectivity index (χ3n) is 2.94. The van der Waals surface area contributed by atoms with Crippen LogP contribution in [-0.4, -0.2) is 12.6 Å². The average Bonchev–Trinajstić information content (AvgIpc) is 2.28. The van der Waals surface area contributed by atoms with Crippen LogP contribution >= 0.6 is 0 Å². The maximum atomic E-state index is 11.7. The van der Waals surface area contributed by atoms with Gasteiger partial charge in [0, 0.05) is 0 Å². The van der Waals surface area contributed by atoms with E-state index >= 15 is 0 Å². The van der Waals surface area contributed by atoms with Gasteiger partial charge in [-0.25, -0.2) is 0 Å². The van der Waals surface area contributed by atoms with Crippen molar-refractivity contribution in [1.82, 2.24) is 0 Å². The number of aryl methyl sites for hydroxylation is 1. The number of hydrogen-bond acceptors (Lipinski definition) is 2. The quantitative estimate of drug-likeness (QED) is 0.692. The zero-order valence-electron chi connectivity index (χ0n) is 9.03. The molecule has 2 nitrogen and oxygen atoms in total. The van der Waals surface area contributed by atoms with E-state index in [1.807, 2.05) is 19.1 Å². The molecule has 1 aliphatic rings. The average molecular weight is 204 g/mol. The van der Waals surface area contributed by atoms with Gasteiger partial charge in [0.05, 0.1) is 12.5 Å². The van der Waals surface area contributed by atoms with Gasteiger partial charge >= 0.3 is 5.97 Å². The zero-order chi connectivity index (χ0) is 10.7. The van der Waals surface area contributed by atoms with E-state index in [1.165, 1.54) is 11.1 Å². The summed E-state index contributed by atoms with van der Waals surface area (Å²) in [5.74, 6) is -0.0976. The lowest BCUT2D eigenvalue weighted by Crippen LogP contribution is -2.20. The normalized spacial score (nSPS) is 19.4. The fraction of sp³-hybridized carbons (Fsp3) is 0.462. The molecule has 0 unspecified atom stereocenters.